The lowest BCUT2D eigenvalue weighted by molar-refractivity contribution is 0.0734. The van der Waals surface area contributed by atoms with E-state index in [1.54, 1.807) is 42.5 Å². The number of carbonyl (C=O) groups excluding carboxylic acids is 2. The van der Waals surface area contributed by atoms with Gasteiger partial charge in [0.15, 0.2) is 0 Å². The molecular formula is C30H25BrClN3O6S. The van der Waals surface area contributed by atoms with Crippen molar-refractivity contribution in [2.75, 3.05) is 11.3 Å². The molecule has 0 aliphatic rings. The summed E-state index contributed by atoms with van der Waals surface area (Å²) in [6, 6.07) is 23.2. The van der Waals surface area contributed by atoms with Crippen LogP contribution in [0.15, 0.2) is 105 Å². The van der Waals surface area contributed by atoms with Gasteiger partial charge >= 0.3 is 5.97 Å². The van der Waals surface area contributed by atoms with Crippen molar-refractivity contribution < 1.29 is 27.5 Å². The highest BCUT2D eigenvalue weighted by molar-refractivity contribution is 9.10. The number of benzene rings is 4. The van der Waals surface area contributed by atoms with Gasteiger partial charge in [-0.05, 0) is 97.4 Å². The molecule has 4 aromatic rings. The number of nitrogens with zero attached hydrogens (tertiary/aromatic N) is 1. The van der Waals surface area contributed by atoms with Gasteiger partial charge in [0.25, 0.3) is 15.9 Å². The smallest absolute Gasteiger partial charge is 0.343 e. The fraction of sp³-hybridized carbons (Fsp3) is 0.100. The largest absolute Gasteiger partial charge is 0.494 e. The number of hydrazone groups is 1. The normalized spacial score (nSPS) is 11.2. The van der Waals surface area contributed by atoms with Crippen LogP contribution in [0.2, 0.25) is 5.02 Å². The summed E-state index contributed by atoms with van der Waals surface area (Å²) in [7, 11) is -3.83. The zero-order chi connectivity index (χ0) is 30.1. The highest BCUT2D eigenvalue weighted by atomic mass is 79.9. The Kier molecular flexibility index (Phi) is 10.3. The molecule has 2 N–H and O–H groups in total. The number of nitrogens with one attached hydrogen (secondary N) is 2. The summed E-state index contributed by atoms with van der Waals surface area (Å²) in [5.74, 6) is -0.193. The fourth-order valence-electron chi connectivity index (χ4n) is 3.52. The number of carbonyl (C=O) groups is 2. The second-order valence-corrected chi connectivity index (χ2v) is 11.8. The molecule has 0 saturated heterocycles. The van der Waals surface area contributed by atoms with Crippen LogP contribution >= 0.6 is 27.5 Å². The molecule has 0 aliphatic carbocycles. The van der Waals surface area contributed by atoms with E-state index in [0.29, 0.717) is 33.0 Å². The molecule has 0 spiro atoms. The average Bonchev–Trinajstić information content (AvgIpc) is 2.98. The number of hydrogen-bond donors (Lipinski definition) is 2. The van der Waals surface area contributed by atoms with E-state index in [1.807, 2.05) is 6.92 Å². The number of esters is 1. The number of ether oxygens (including phenoxy) is 2. The van der Waals surface area contributed by atoms with Crippen LogP contribution < -0.4 is 19.6 Å². The number of hydrogen-bond acceptors (Lipinski definition) is 7. The molecule has 4 aromatic carbocycles. The van der Waals surface area contributed by atoms with Crippen LogP contribution in [0.5, 0.6) is 11.5 Å². The van der Waals surface area contributed by atoms with Crippen LogP contribution in [0.4, 0.5) is 5.69 Å². The molecule has 0 bridgehead atoms. The molecule has 0 aromatic heterocycles. The van der Waals surface area contributed by atoms with E-state index in [2.05, 4.69) is 31.2 Å². The average molecular weight is 671 g/mol. The molecule has 0 unspecified atom stereocenters. The maximum Gasteiger partial charge on any atom is 0.343 e. The Balaban J connectivity index is 1.38. The van der Waals surface area contributed by atoms with E-state index in [4.69, 9.17) is 21.1 Å². The molecule has 4 rings (SSSR count). The van der Waals surface area contributed by atoms with Crippen molar-refractivity contribution in [1.29, 1.82) is 0 Å². The van der Waals surface area contributed by atoms with Gasteiger partial charge in [-0.3, -0.25) is 9.52 Å². The highest BCUT2D eigenvalue weighted by Crippen LogP contribution is 2.24. The van der Waals surface area contributed by atoms with Crippen molar-refractivity contribution in [2.24, 2.45) is 5.10 Å². The molecule has 0 aliphatic heterocycles. The molecule has 12 heteroatoms. The van der Waals surface area contributed by atoms with Crippen LogP contribution in [0.25, 0.3) is 0 Å². The number of halogens is 2. The lowest BCUT2D eigenvalue weighted by atomic mass is 10.2. The van der Waals surface area contributed by atoms with Crippen LogP contribution in [0.3, 0.4) is 0 Å². The third kappa shape index (κ3) is 8.41. The summed E-state index contributed by atoms with van der Waals surface area (Å²) >= 11 is 9.21. The standard InChI is InChI=1S/C30H25BrClN3O6S/c1-2-17-40-26-12-5-21(6-13-26)30(37)41-28-16-7-23(31)18-22(28)19-33-34-29(36)20-3-10-25(11-4-20)35-42(38,39)27-14-8-24(32)9-15-27/h3-16,18-19,35H,2,17H2,1H3,(H,34,36)/b33-19+. The molecule has 0 atom stereocenters. The molecule has 42 heavy (non-hydrogen) atoms. The molecule has 1 amide bonds. The Labute approximate surface area is 256 Å². The van der Waals surface area contributed by atoms with E-state index in [-0.39, 0.29) is 21.9 Å². The lowest BCUT2D eigenvalue weighted by Gasteiger charge is -2.09. The summed E-state index contributed by atoms with van der Waals surface area (Å²) in [6.07, 6.45) is 2.22. The Hall–Kier alpha value is -4.19. The summed E-state index contributed by atoms with van der Waals surface area (Å²) in [5, 5.41) is 4.41. The lowest BCUT2D eigenvalue weighted by Crippen LogP contribution is -2.18. The molecule has 0 saturated carbocycles. The SMILES string of the molecule is CCCOc1ccc(C(=O)Oc2ccc(Br)cc2/C=N/NC(=O)c2ccc(NS(=O)(=O)c3ccc(Cl)cc3)cc2)cc1. The first-order valence-corrected chi connectivity index (χ1v) is 15.3. The van der Waals surface area contributed by atoms with Gasteiger partial charge in [-0.25, -0.2) is 18.6 Å². The van der Waals surface area contributed by atoms with Crippen LogP contribution in [-0.2, 0) is 10.0 Å². The Morgan fingerprint density at radius 2 is 1.60 bits per heavy atom. The van der Waals surface area contributed by atoms with Crippen molar-refractivity contribution in [3.8, 4) is 11.5 Å². The Morgan fingerprint density at radius 1 is 0.929 bits per heavy atom. The van der Waals surface area contributed by atoms with Crippen molar-refractivity contribution in [3.63, 3.8) is 0 Å². The van der Waals surface area contributed by atoms with Crippen LogP contribution in [0, 0.1) is 0 Å². The zero-order valence-corrected chi connectivity index (χ0v) is 25.4. The zero-order valence-electron chi connectivity index (χ0n) is 22.2. The van der Waals surface area contributed by atoms with Gasteiger partial charge in [-0.15, -0.1) is 0 Å². The van der Waals surface area contributed by atoms with Crippen molar-refractivity contribution in [3.05, 3.63) is 117 Å². The fourth-order valence-corrected chi connectivity index (χ4v) is 5.08. The molecular weight excluding hydrogens is 646 g/mol. The third-order valence-corrected chi connectivity index (χ3v) is 7.77. The predicted molar refractivity (Wildman–Crippen MR) is 165 cm³/mol. The van der Waals surface area contributed by atoms with Gasteiger partial charge < -0.3 is 9.47 Å². The van der Waals surface area contributed by atoms with Crippen molar-refractivity contribution >= 4 is 61.3 Å². The first kappa shape index (κ1) is 30.8. The summed E-state index contributed by atoms with van der Waals surface area (Å²) in [4.78, 5) is 25.4. The van der Waals surface area contributed by atoms with E-state index in [9.17, 15) is 18.0 Å². The maximum atomic E-state index is 12.7. The second kappa shape index (κ2) is 14.1. The summed E-state index contributed by atoms with van der Waals surface area (Å²) in [5.41, 5.74) is 3.71. The number of rotatable bonds is 11. The van der Waals surface area contributed by atoms with E-state index in [0.717, 1.165) is 6.42 Å². The van der Waals surface area contributed by atoms with Gasteiger partial charge in [0.1, 0.15) is 11.5 Å². The minimum Gasteiger partial charge on any atom is -0.494 e. The maximum absolute atomic E-state index is 12.7. The third-order valence-electron chi connectivity index (χ3n) is 5.63. The number of anilines is 1. The molecule has 0 heterocycles. The first-order valence-electron chi connectivity index (χ1n) is 12.6. The number of sulfonamides is 1. The second-order valence-electron chi connectivity index (χ2n) is 8.78. The van der Waals surface area contributed by atoms with Crippen LogP contribution in [-0.4, -0.2) is 33.1 Å². The van der Waals surface area contributed by atoms with Crippen molar-refractivity contribution in [1.82, 2.24) is 5.43 Å². The topological polar surface area (TPSA) is 123 Å². The van der Waals surface area contributed by atoms with Gasteiger partial charge in [-0.1, -0.05) is 34.5 Å². The van der Waals surface area contributed by atoms with Gasteiger partial charge in [0.2, 0.25) is 0 Å². The highest BCUT2D eigenvalue weighted by Gasteiger charge is 2.15. The van der Waals surface area contributed by atoms with E-state index >= 15 is 0 Å². The number of amides is 1. The van der Waals surface area contributed by atoms with Crippen LogP contribution in [0.1, 0.15) is 39.6 Å². The Bertz CT molecular complexity index is 1700. The monoisotopic (exact) mass is 669 g/mol. The van der Waals surface area contributed by atoms with Gasteiger partial charge in [0, 0.05) is 26.3 Å². The molecule has 216 valence electrons. The van der Waals surface area contributed by atoms with Crippen molar-refractivity contribution in [2.45, 2.75) is 18.2 Å². The predicted octanol–water partition coefficient (Wildman–Crippen LogP) is 6.68. The summed E-state index contributed by atoms with van der Waals surface area (Å²) in [6.45, 7) is 2.59. The molecule has 0 radical (unpaired) electrons. The minimum absolute atomic E-state index is 0.0515. The minimum atomic E-state index is -3.83. The van der Waals surface area contributed by atoms with Gasteiger partial charge in [0.05, 0.1) is 23.3 Å². The Morgan fingerprint density at radius 3 is 2.26 bits per heavy atom. The van der Waals surface area contributed by atoms with Gasteiger partial charge in [-0.2, -0.15) is 5.10 Å². The van der Waals surface area contributed by atoms with E-state index in [1.165, 1.54) is 54.7 Å². The quantitative estimate of drug-likeness (QED) is 0.0795. The van der Waals surface area contributed by atoms with E-state index < -0.39 is 21.9 Å². The first-order chi connectivity index (χ1) is 20.1. The molecule has 0 fully saturated rings. The summed E-state index contributed by atoms with van der Waals surface area (Å²) < 4.78 is 39.4. The molecule has 9 nitrogen and oxygen atoms in total.